The number of rotatable bonds is 7. The minimum atomic E-state index is -2.88. The molecule has 0 unspecified atom stereocenters. The molecule has 4 aromatic rings. The van der Waals surface area contributed by atoms with E-state index >= 15 is 0 Å². The van der Waals surface area contributed by atoms with Crippen molar-refractivity contribution in [3.63, 3.8) is 0 Å². The number of hydrogen-bond acceptors (Lipinski definition) is 6. The molecule has 4 rings (SSSR count). The Labute approximate surface area is 176 Å². The number of tetrazole rings is 1. The van der Waals surface area contributed by atoms with E-state index in [1.807, 2.05) is 36.4 Å². The molecular weight excluding hydrogens is 404 g/mol. The third-order valence-corrected chi connectivity index (χ3v) is 4.41. The van der Waals surface area contributed by atoms with Gasteiger partial charge >= 0.3 is 6.61 Å². The Kier molecular flexibility index (Phi) is 5.80. The maximum Gasteiger partial charge on any atom is 0.387 e. The van der Waals surface area contributed by atoms with Crippen molar-refractivity contribution in [2.24, 2.45) is 0 Å². The Morgan fingerprint density at radius 3 is 2.10 bits per heavy atom. The molecule has 0 N–H and O–H groups in total. The number of hydrogen-bond donors (Lipinski definition) is 0. The van der Waals surface area contributed by atoms with Gasteiger partial charge in [0.2, 0.25) is 0 Å². The largest absolute Gasteiger partial charge is 0.486 e. The van der Waals surface area contributed by atoms with E-state index in [1.54, 1.807) is 24.3 Å². The first kappa shape index (κ1) is 20.0. The number of nitriles is 1. The fraction of sp³-hybridized carbons (Fsp3) is 0.0909. The Morgan fingerprint density at radius 2 is 1.48 bits per heavy atom. The lowest BCUT2D eigenvalue weighted by atomic mass is 10.0. The van der Waals surface area contributed by atoms with E-state index in [0.29, 0.717) is 22.8 Å². The summed E-state index contributed by atoms with van der Waals surface area (Å²) in [5.74, 6) is 1.12. The molecule has 0 fully saturated rings. The highest BCUT2D eigenvalue weighted by atomic mass is 19.3. The standard InChI is InChI=1S/C22H15F2N5O2/c23-22(24)31-20-11-7-18(8-12-20)29-21(26-27-28-29)14-30-19-9-5-17(6-10-19)16-3-1-15(13-25)2-4-16/h1-12,22H,14H2. The highest BCUT2D eigenvalue weighted by molar-refractivity contribution is 5.64. The van der Waals surface area contributed by atoms with Crippen LogP contribution in [0.5, 0.6) is 11.5 Å². The van der Waals surface area contributed by atoms with E-state index in [0.717, 1.165) is 11.1 Å². The molecule has 0 bridgehead atoms. The molecule has 0 atom stereocenters. The van der Waals surface area contributed by atoms with Crippen molar-refractivity contribution < 1.29 is 18.3 Å². The first-order valence-corrected chi connectivity index (χ1v) is 9.18. The lowest BCUT2D eigenvalue weighted by Gasteiger charge is -2.09. The second-order valence-corrected chi connectivity index (χ2v) is 6.38. The van der Waals surface area contributed by atoms with Crippen molar-refractivity contribution >= 4 is 0 Å². The van der Waals surface area contributed by atoms with Crippen LogP contribution < -0.4 is 9.47 Å². The van der Waals surface area contributed by atoms with Crippen molar-refractivity contribution in [3.8, 4) is 34.4 Å². The molecule has 0 aliphatic carbocycles. The summed E-state index contributed by atoms with van der Waals surface area (Å²) in [4.78, 5) is 0. The van der Waals surface area contributed by atoms with Crippen LogP contribution >= 0.6 is 0 Å². The summed E-state index contributed by atoms with van der Waals surface area (Å²) in [6.45, 7) is -2.77. The highest BCUT2D eigenvalue weighted by Gasteiger charge is 2.11. The van der Waals surface area contributed by atoms with E-state index in [-0.39, 0.29) is 12.4 Å². The smallest absolute Gasteiger partial charge is 0.387 e. The molecule has 1 aromatic heterocycles. The minimum Gasteiger partial charge on any atom is -0.486 e. The van der Waals surface area contributed by atoms with Crippen molar-refractivity contribution in [1.29, 1.82) is 5.26 Å². The third-order valence-electron chi connectivity index (χ3n) is 4.41. The lowest BCUT2D eigenvalue weighted by Crippen LogP contribution is -2.07. The van der Waals surface area contributed by atoms with Crippen molar-refractivity contribution in [1.82, 2.24) is 20.2 Å². The molecule has 0 radical (unpaired) electrons. The summed E-state index contributed by atoms with van der Waals surface area (Å²) in [5, 5.41) is 20.4. The van der Waals surface area contributed by atoms with Gasteiger partial charge in [-0.3, -0.25) is 0 Å². The minimum absolute atomic E-state index is 0.0481. The Bertz CT molecular complexity index is 1180. The predicted octanol–water partition coefficient (Wildman–Crippen LogP) is 4.38. The summed E-state index contributed by atoms with van der Waals surface area (Å²) in [6, 6.07) is 22.9. The molecule has 31 heavy (non-hydrogen) atoms. The number of alkyl halides is 2. The number of aromatic nitrogens is 4. The highest BCUT2D eigenvalue weighted by Crippen LogP contribution is 2.23. The second-order valence-electron chi connectivity index (χ2n) is 6.38. The fourth-order valence-corrected chi connectivity index (χ4v) is 2.89. The van der Waals surface area contributed by atoms with E-state index in [9.17, 15) is 8.78 Å². The number of ether oxygens (including phenoxy) is 2. The molecular formula is C22H15F2N5O2. The van der Waals surface area contributed by atoms with Crippen LogP contribution in [0.2, 0.25) is 0 Å². The van der Waals surface area contributed by atoms with Crippen LogP contribution in [-0.4, -0.2) is 26.8 Å². The number of benzene rings is 3. The lowest BCUT2D eigenvalue weighted by molar-refractivity contribution is -0.0498. The van der Waals surface area contributed by atoms with Crippen LogP contribution in [0.3, 0.4) is 0 Å². The van der Waals surface area contributed by atoms with Crippen molar-refractivity contribution in [2.45, 2.75) is 13.2 Å². The normalized spacial score (nSPS) is 10.6. The van der Waals surface area contributed by atoms with Gasteiger partial charge in [-0.1, -0.05) is 24.3 Å². The zero-order valence-electron chi connectivity index (χ0n) is 16.0. The average molecular weight is 419 g/mol. The van der Waals surface area contributed by atoms with E-state index in [2.05, 4.69) is 26.3 Å². The summed E-state index contributed by atoms with van der Waals surface area (Å²) in [5.41, 5.74) is 3.18. The maximum absolute atomic E-state index is 12.3. The second kappa shape index (κ2) is 9.00. The molecule has 154 valence electrons. The maximum atomic E-state index is 12.3. The molecule has 0 aliphatic heterocycles. The molecule has 0 saturated heterocycles. The number of halogens is 2. The van der Waals surface area contributed by atoms with Gasteiger partial charge in [0.05, 0.1) is 17.3 Å². The van der Waals surface area contributed by atoms with Gasteiger partial charge < -0.3 is 9.47 Å². The van der Waals surface area contributed by atoms with E-state index in [4.69, 9.17) is 10.00 Å². The average Bonchev–Trinajstić information content (AvgIpc) is 3.27. The summed E-state index contributed by atoms with van der Waals surface area (Å²) < 4.78 is 36.2. The topological polar surface area (TPSA) is 85.9 Å². The van der Waals surface area contributed by atoms with Gasteiger partial charge in [0, 0.05) is 0 Å². The van der Waals surface area contributed by atoms with Gasteiger partial charge in [-0.15, -0.1) is 5.10 Å². The zero-order valence-corrected chi connectivity index (χ0v) is 16.0. The van der Waals surface area contributed by atoms with Crippen molar-refractivity contribution in [3.05, 3.63) is 84.2 Å². The van der Waals surface area contributed by atoms with E-state index in [1.165, 1.54) is 16.8 Å². The van der Waals surface area contributed by atoms with Gasteiger partial charge in [-0.05, 0) is 70.1 Å². The molecule has 0 aliphatic rings. The van der Waals surface area contributed by atoms with Gasteiger partial charge in [0.15, 0.2) is 5.82 Å². The van der Waals surface area contributed by atoms with Gasteiger partial charge in [0.1, 0.15) is 18.1 Å². The van der Waals surface area contributed by atoms with Crippen molar-refractivity contribution in [2.75, 3.05) is 0 Å². The van der Waals surface area contributed by atoms with Gasteiger partial charge in [0.25, 0.3) is 0 Å². The van der Waals surface area contributed by atoms with Gasteiger partial charge in [-0.2, -0.15) is 18.7 Å². The predicted molar refractivity (Wildman–Crippen MR) is 107 cm³/mol. The molecule has 0 spiro atoms. The summed E-state index contributed by atoms with van der Waals surface area (Å²) >= 11 is 0. The first-order valence-electron chi connectivity index (χ1n) is 9.18. The Balaban J connectivity index is 1.42. The molecule has 0 saturated carbocycles. The summed E-state index contributed by atoms with van der Waals surface area (Å²) in [7, 11) is 0. The van der Waals surface area contributed by atoms with Crippen LogP contribution in [0.25, 0.3) is 16.8 Å². The van der Waals surface area contributed by atoms with Crippen LogP contribution in [0, 0.1) is 11.3 Å². The monoisotopic (exact) mass is 419 g/mol. The Morgan fingerprint density at radius 1 is 0.871 bits per heavy atom. The molecule has 7 nitrogen and oxygen atoms in total. The van der Waals surface area contributed by atoms with Crippen LogP contribution in [0.15, 0.2) is 72.8 Å². The third kappa shape index (κ3) is 4.82. The quantitative estimate of drug-likeness (QED) is 0.442. The molecule has 9 heteroatoms. The molecule has 1 heterocycles. The summed E-state index contributed by atoms with van der Waals surface area (Å²) in [6.07, 6.45) is 0. The SMILES string of the molecule is N#Cc1ccc(-c2ccc(OCc3nnnn3-c3ccc(OC(F)F)cc3)cc2)cc1. The Hall–Kier alpha value is -4.32. The zero-order chi connectivity index (χ0) is 21.6. The number of nitrogens with zero attached hydrogens (tertiary/aromatic N) is 5. The van der Waals surface area contributed by atoms with Crippen LogP contribution in [0.1, 0.15) is 11.4 Å². The van der Waals surface area contributed by atoms with Crippen LogP contribution in [-0.2, 0) is 6.61 Å². The fourth-order valence-electron chi connectivity index (χ4n) is 2.89. The first-order chi connectivity index (χ1) is 15.1. The van der Waals surface area contributed by atoms with Gasteiger partial charge in [-0.25, -0.2) is 0 Å². The molecule has 0 amide bonds. The van der Waals surface area contributed by atoms with E-state index < -0.39 is 6.61 Å². The molecule has 3 aromatic carbocycles. The van der Waals surface area contributed by atoms with Crippen LogP contribution in [0.4, 0.5) is 8.78 Å².